The van der Waals surface area contributed by atoms with E-state index in [2.05, 4.69) is 15.9 Å². The molecular formula is C13H11BrO4. The molecule has 0 aliphatic carbocycles. The molecule has 1 rings (SSSR count). The number of carboxylic acids is 2. The van der Waals surface area contributed by atoms with Gasteiger partial charge in [0.25, 0.3) is 0 Å². The summed E-state index contributed by atoms with van der Waals surface area (Å²) >= 11 is 3.30. The van der Waals surface area contributed by atoms with Crippen molar-refractivity contribution in [3.8, 4) is 0 Å². The van der Waals surface area contributed by atoms with Crippen molar-refractivity contribution in [1.82, 2.24) is 0 Å². The van der Waals surface area contributed by atoms with Crippen molar-refractivity contribution in [3.63, 3.8) is 0 Å². The maximum absolute atomic E-state index is 10.7. The third-order valence-electron chi connectivity index (χ3n) is 2.10. The number of rotatable bonds is 4. The Kier molecular flexibility index (Phi) is 4.85. The molecule has 0 aliphatic rings. The predicted octanol–water partition coefficient (Wildman–Crippen LogP) is 2.95. The summed E-state index contributed by atoms with van der Waals surface area (Å²) in [6.45, 7) is 1.65. The molecule has 0 spiro atoms. The average molecular weight is 311 g/mol. The molecule has 0 aliphatic heterocycles. The van der Waals surface area contributed by atoms with Crippen molar-refractivity contribution in [2.24, 2.45) is 0 Å². The van der Waals surface area contributed by atoms with E-state index in [9.17, 15) is 9.59 Å². The lowest BCUT2D eigenvalue weighted by molar-refractivity contribution is -0.140. The molecule has 0 heterocycles. The monoisotopic (exact) mass is 310 g/mol. The van der Waals surface area contributed by atoms with Crippen LogP contribution in [-0.4, -0.2) is 22.2 Å². The second-order valence-electron chi connectivity index (χ2n) is 3.61. The Morgan fingerprint density at radius 3 is 2.06 bits per heavy atom. The number of carbonyl (C=O) groups is 2. The van der Waals surface area contributed by atoms with Crippen LogP contribution in [0.25, 0.3) is 6.08 Å². The van der Waals surface area contributed by atoms with Gasteiger partial charge in [0.15, 0.2) is 0 Å². The topological polar surface area (TPSA) is 74.6 Å². The number of hydrogen-bond acceptors (Lipinski definition) is 2. The highest BCUT2D eigenvalue weighted by Crippen LogP contribution is 2.14. The highest BCUT2D eigenvalue weighted by atomic mass is 79.9. The van der Waals surface area contributed by atoms with Crippen LogP contribution in [0.15, 0.2) is 46.0 Å². The SMILES string of the molecule is C/C(C=C(C(=O)O)C(=O)O)=C\c1ccc(Br)cc1. The zero-order valence-corrected chi connectivity index (χ0v) is 11.1. The van der Waals surface area contributed by atoms with Gasteiger partial charge in [-0.1, -0.05) is 34.1 Å². The van der Waals surface area contributed by atoms with Crippen LogP contribution in [0.5, 0.6) is 0 Å². The zero-order valence-electron chi connectivity index (χ0n) is 9.55. The van der Waals surface area contributed by atoms with E-state index in [1.807, 2.05) is 24.3 Å². The fraction of sp³-hybridized carbons (Fsp3) is 0.0769. The molecule has 18 heavy (non-hydrogen) atoms. The zero-order chi connectivity index (χ0) is 13.7. The number of carboxylic acid groups (broad SMARTS) is 2. The summed E-state index contributed by atoms with van der Waals surface area (Å²) in [6, 6.07) is 7.36. The van der Waals surface area contributed by atoms with Crippen molar-refractivity contribution in [2.45, 2.75) is 6.92 Å². The molecule has 0 amide bonds. The van der Waals surface area contributed by atoms with Crippen molar-refractivity contribution in [1.29, 1.82) is 0 Å². The lowest BCUT2D eigenvalue weighted by Crippen LogP contribution is -2.11. The first kappa shape index (κ1) is 14.2. The molecule has 4 nitrogen and oxygen atoms in total. The quantitative estimate of drug-likeness (QED) is 0.388. The summed E-state index contributed by atoms with van der Waals surface area (Å²) in [5, 5.41) is 17.4. The van der Waals surface area contributed by atoms with Crippen LogP contribution >= 0.6 is 15.9 Å². The predicted molar refractivity (Wildman–Crippen MR) is 71.1 cm³/mol. The molecule has 0 unspecified atom stereocenters. The van der Waals surface area contributed by atoms with Crippen LogP contribution in [0.2, 0.25) is 0 Å². The fourth-order valence-corrected chi connectivity index (χ4v) is 1.57. The smallest absolute Gasteiger partial charge is 0.343 e. The molecule has 1 aromatic carbocycles. The third-order valence-corrected chi connectivity index (χ3v) is 2.63. The van der Waals surface area contributed by atoms with Gasteiger partial charge in [-0.15, -0.1) is 0 Å². The second kappa shape index (κ2) is 6.16. The molecule has 0 radical (unpaired) electrons. The first-order chi connectivity index (χ1) is 8.40. The van der Waals surface area contributed by atoms with Gasteiger partial charge in [0.2, 0.25) is 0 Å². The fourth-order valence-electron chi connectivity index (χ4n) is 1.31. The number of aliphatic carboxylic acids is 2. The minimum absolute atomic E-state index is 0.553. The minimum atomic E-state index is -1.45. The van der Waals surface area contributed by atoms with Gasteiger partial charge < -0.3 is 10.2 Å². The number of benzene rings is 1. The van der Waals surface area contributed by atoms with Crippen molar-refractivity contribution in [2.75, 3.05) is 0 Å². The highest BCUT2D eigenvalue weighted by Gasteiger charge is 2.15. The lowest BCUT2D eigenvalue weighted by atomic mass is 10.1. The third kappa shape index (κ3) is 4.18. The highest BCUT2D eigenvalue weighted by molar-refractivity contribution is 9.10. The van der Waals surface area contributed by atoms with E-state index in [-0.39, 0.29) is 0 Å². The number of halogens is 1. The molecule has 1 aromatic rings. The molecule has 0 saturated heterocycles. The largest absolute Gasteiger partial charge is 0.477 e. The van der Waals surface area contributed by atoms with E-state index >= 15 is 0 Å². The Labute approximate surface area is 112 Å². The second-order valence-corrected chi connectivity index (χ2v) is 4.52. The summed E-state index contributed by atoms with van der Waals surface area (Å²) in [7, 11) is 0. The molecular weight excluding hydrogens is 300 g/mol. The molecule has 0 aromatic heterocycles. The van der Waals surface area contributed by atoms with E-state index < -0.39 is 17.5 Å². The van der Waals surface area contributed by atoms with Crippen LogP contribution in [0, 0.1) is 0 Å². The Hall–Kier alpha value is -1.88. The van der Waals surface area contributed by atoms with Crippen LogP contribution < -0.4 is 0 Å². The lowest BCUT2D eigenvalue weighted by Gasteiger charge is -1.98. The van der Waals surface area contributed by atoms with Crippen LogP contribution in [-0.2, 0) is 9.59 Å². The average Bonchev–Trinajstić information content (AvgIpc) is 2.28. The Morgan fingerprint density at radius 1 is 1.11 bits per heavy atom. The summed E-state index contributed by atoms with van der Waals surface area (Å²) in [5.41, 5.74) is 0.764. The number of hydrogen-bond donors (Lipinski definition) is 2. The van der Waals surface area contributed by atoms with Gasteiger partial charge in [-0.05, 0) is 36.3 Å². The van der Waals surface area contributed by atoms with E-state index in [1.165, 1.54) is 0 Å². The molecule has 0 atom stereocenters. The standard InChI is InChI=1S/C13H11BrO4/c1-8(7-11(12(15)16)13(17)18)6-9-2-4-10(14)5-3-9/h2-7H,1H3,(H,15,16)(H,17,18)/b8-6+. The van der Waals surface area contributed by atoms with Gasteiger partial charge in [-0.3, -0.25) is 0 Å². The van der Waals surface area contributed by atoms with Crippen LogP contribution in [0.1, 0.15) is 12.5 Å². The molecule has 0 fully saturated rings. The molecule has 5 heteroatoms. The first-order valence-electron chi connectivity index (χ1n) is 5.02. The van der Waals surface area contributed by atoms with Crippen LogP contribution in [0.4, 0.5) is 0 Å². The van der Waals surface area contributed by atoms with Crippen molar-refractivity contribution >= 4 is 33.9 Å². The van der Waals surface area contributed by atoms with Gasteiger partial charge in [0.1, 0.15) is 5.57 Å². The van der Waals surface area contributed by atoms with E-state index in [0.29, 0.717) is 5.57 Å². The summed E-state index contributed by atoms with van der Waals surface area (Å²) in [4.78, 5) is 21.4. The Bertz CT molecular complexity index is 510. The Balaban J connectivity index is 3.03. The van der Waals surface area contributed by atoms with Gasteiger partial charge >= 0.3 is 11.9 Å². The first-order valence-corrected chi connectivity index (χ1v) is 5.81. The van der Waals surface area contributed by atoms with Crippen molar-refractivity contribution < 1.29 is 19.8 Å². The van der Waals surface area contributed by atoms with E-state index in [1.54, 1.807) is 13.0 Å². The van der Waals surface area contributed by atoms with E-state index in [0.717, 1.165) is 16.1 Å². The van der Waals surface area contributed by atoms with Gasteiger partial charge in [-0.25, -0.2) is 9.59 Å². The maximum atomic E-state index is 10.7. The molecule has 0 bridgehead atoms. The van der Waals surface area contributed by atoms with Gasteiger partial charge in [-0.2, -0.15) is 0 Å². The summed E-state index contributed by atoms with van der Waals surface area (Å²) in [6.07, 6.45) is 2.84. The van der Waals surface area contributed by atoms with Gasteiger partial charge in [0.05, 0.1) is 0 Å². The van der Waals surface area contributed by atoms with Gasteiger partial charge in [0, 0.05) is 4.47 Å². The normalized spacial score (nSPS) is 10.9. The number of allylic oxidation sites excluding steroid dienone is 2. The van der Waals surface area contributed by atoms with E-state index in [4.69, 9.17) is 10.2 Å². The molecule has 94 valence electrons. The summed E-state index contributed by atoms with van der Waals surface area (Å²) < 4.78 is 0.935. The molecule has 0 saturated carbocycles. The molecule has 2 N–H and O–H groups in total. The maximum Gasteiger partial charge on any atom is 0.343 e. The van der Waals surface area contributed by atoms with Crippen molar-refractivity contribution in [3.05, 3.63) is 51.5 Å². The van der Waals surface area contributed by atoms with Crippen LogP contribution in [0.3, 0.4) is 0 Å². The minimum Gasteiger partial charge on any atom is -0.477 e. The summed E-state index contributed by atoms with van der Waals surface area (Å²) in [5.74, 6) is -2.91. The Morgan fingerprint density at radius 2 is 1.61 bits per heavy atom.